The molecule has 2 heterocycles. The van der Waals surface area contributed by atoms with E-state index >= 15 is 0 Å². The summed E-state index contributed by atoms with van der Waals surface area (Å²) in [7, 11) is 4.67. The number of aromatic nitrogens is 3. The molecule has 10 heteroatoms. The first-order valence-electron chi connectivity index (χ1n) is 10.7. The van der Waals surface area contributed by atoms with Crippen LogP contribution < -0.4 is 19.5 Å². The number of nitrogens with zero attached hydrogens (tertiary/aromatic N) is 3. The lowest BCUT2D eigenvalue weighted by atomic mass is 9.85. The zero-order valence-corrected chi connectivity index (χ0v) is 20.3. The fourth-order valence-corrected chi connectivity index (χ4v) is 4.78. The molecule has 3 aromatic rings. The van der Waals surface area contributed by atoms with Gasteiger partial charge in [-0.3, -0.25) is 4.79 Å². The zero-order valence-electron chi connectivity index (χ0n) is 18.8. The van der Waals surface area contributed by atoms with Crippen molar-refractivity contribution in [2.45, 2.75) is 25.3 Å². The van der Waals surface area contributed by atoms with Crippen LogP contribution in [0.5, 0.6) is 17.2 Å². The van der Waals surface area contributed by atoms with E-state index in [0.29, 0.717) is 56.6 Å². The summed E-state index contributed by atoms with van der Waals surface area (Å²) in [5.74, 6) is 2.53. The van der Waals surface area contributed by atoms with Gasteiger partial charge in [-0.2, -0.15) is 4.98 Å². The van der Waals surface area contributed by atoms with Gasteiger partial charge in [0.25, 0.3) is 0 Å². The molecule has 1 atom stereocenters. The van der Waals surface area contributed by atoms with Crippen molar-refractivity contribution in [2.75, 3.05) is 26.6 Å². The molecule has 0 radical (unpaired) electrons. The fraction of sp³-hybridized carbons (Fsp3) is 0.292. The van der Waals surface area contributed by atoms with Crippen molar-refractivity contribution in [3.05, 3.63) is 57.2 Å². The standard InChI is InChI=1S/C24H22Cl2N4O4/c1-32-18-10-13(11-19(33-2)22(18)34-3)21-20-16(5-4-6-17(20)31)27-24-28-23(29-30(21)24)12-7-8-14(25)15(26)9-12/h7-11,21H,4-6H2,1-3H3,(H,27,28,29). The molecule has 0 amide bonds. The number of carbonyl (C=O) groups excluding carboxylic acids is 1. The minimum atomic E-state index is -0.517. The van der Waals surface area contributed by atoms with Crippen molar-refractivity contribution >= 4 is 34.9 Å². The average Bonchev–Trinajstić information content (AvgIpc) is 3.27. The number of ketones is 1. The molecular formula is C24H22Cl2N4O4. The SMILES string of the molecule is COc1cc(C2C3=C(CCCC3=O)Nc3nc(-c4ccc(Cl)c(Cl)c4)nn32)cc(OC)c1OC. The van der Waals surface area contributed by atoms with Crippen molar-refractivity contribution in [1.82, 2.24) is 14.8 Å². The largest absolute Gasteiger partial charge is 0.493 e. The van der Waals surface area contributed by atoms with E-state index in [1.165, 1.54) is 0 Å². The topological polar surface area (TPSA) is 87.5 Å². The highest BCUT2D eigenvalue weighted by molar-refractivity contribution is 6.42. The van der Waals surface area contributed by atoms with E-state index in [1.54, 1.807) is 38.1 Å². The van der Waals surface area contributed by atoms with Crippen LogP contribution in [-0.4, -0.2) is 41.9 Å². The molecule has 1 N–H and O–H groups in total. The van der Waals surface area contributed by atoms with Gasteiger partial charge in [0.15, 0.2) is 23.1 Å². The van der Waals surface area contributed by atoms with Crippen molar-refractivity contribution in [3.63, 3.8) is 0 Å². The first kappa shape index (κ1) is 22.6. The number of ether oxygens (including phenoxy) is 3. The third-order valence-corrected chi connectivity index (χ3v) is 6.79. The maximum absolute atomic E-state index is 13.1. The molecule has 1 unspecified atom stereocenters. The van der Waals surface area contributed by atoms with E-state index in [4.69, 9.17) is 47.5 Å². The number of fused-ring (bicyclic) bond motifs is 1. The van der Waals surface area contributed by atoms with Crippen LogP contribution in [0, 0.1) is 0 Å². The van der Waals surface area contributed by atoms with Crippen molar-refractivity contribution in [1.29, 1.82) is 0 Å². The van der Waals surface area contributed by atoms with Gasteiger partial charge in [0.05, 0.1) is 31.4 Å². The van der Waals surface area contributed by atoms with Crippen LogP contribution in [0.4, 0.5) is 5.95 Å². The van der Waals surface area contributed by atoms with Crippen molar-refractivity contribution in [2.24, 2.45) is 0 Å². The highest BCUT2D eigenvalue weighted by atomic mass is 35.5. The summed E-state index contributed by atoms with van der Waals surface area (Å²) in [6, 6.07) is 8.40. The van der Waals surface area contributed by atoms with Gasteiger partial charge in [-0.1, -0.05) is 23.2 Å². The van der Waals surface area contributed by atoms with Crippen LogP contribution in [0.2, 0.25) is 10.0 Å². The summed E-state index contributed by atoms with van der Waals surface area (Å²) >= 11 is 12.3. The molecule has 5 rings (SSSR count). The first-order chi connectivity index (χ1) is 16.4. The Morgan fingerprint density at radius 3 is 2.38 bits per heavy atom. The van der Waals surface area contributed by atoms with Crippen molar-refractivity contribution in [3.8, 4) is 28.6 Å². The predicted octanol–water partition coefficient (Wildman–Crippen LogP) is 5.30. The number of rotatable bonds is 5. The summed E-state index contributed by atoms with van der Waals surface area (Å²) in [5, 5.41) is 8.96. The molecule has 0 spiro atoms. The lowest BCUT2D eigenvalue weighted by molar-refractivity contribution is -0.116. The highest BCUT2D eigenvalue weighted by Gasteiger charge is 2.38. The minimum absolute atomic E-state index is 0.0738. The number of carbonyl (C=O) groups is 1. The fourth-order valence-electron chi connectivity index (χ4n) is 4.48. The Hall–Kier alpha value is -3.23. The molecule has 34 heavy (non-hydrogen) atoms. The van der Waals surface area contributed by atoms with Crippen LogP contribution in [0.3, 0.4) is 0 Å². The number of halogens is 2. The molecule has 2 aromatic carbocycles. The third kappa shape index (κ3) is 3.67. The average molecular weight is 501 g/mol. The van der Waals surface area contributed by atoms with Crippen LogP contribution in [-0.2, 0) is 4.79 Å². The van der Waals surface area contributed by atoms with Crippen LogP contribution >= 0.6 is 23.2 Å². The van der Waals surface area contributed by atoms with Gasteiger partial charge < -0.3 is 19.5 Å². The Morgan fingerprint density at radius 1 is 1.00 bits per heavy atom. The Balaban J connectivity index is 1.71. The van der Waals surface area contributed by atoms with Gasteiger partial charge in [-0.05, 0) is 48.7 Å². The maximum atomic E-state index is 13.1. The van der Waals surface area contributed by atoms with E-state index in [0.717, 1.165) is 24.1 Å². The Kier molecular flexibility index (Phi) is 5.87. The quantitative estimate of drug-likeness (QED) is 0.508. The van der Waals surface area contributed by atoms with Gasteiger partial charge in [0.1, 0.15) is 6.04 Å². The van der Waals surface area contributed by atoms with E-state index in [1.807, 2.05) is 18.2 Å². The summed E-state index contributed by atoms with van der Waals surface area (Å²) in [6.07, 6.45) is 2.00. The monoisotopic (exact) mass is 500 g/mol. The molecule has 1 aliphatic heterocycles. The number of nitrogens with one attached hydrogen (secondary N) is 1. The van der Waals surface area contributed by atoms with E-state index < -0.39 is 6.04 Å². The van der Waals surface area contributed by atoms with Crippen molar-refractivity contribution < 1.29 is 19.0 Å². The molecular weight excluding hydrogens is 479 g/mol. The van der Waals surface area contributed by atoms with Gasteiger partial charge in [0, 0.05) is 23.3 Å². The van der Waals surface area contributed by atoms with Gasteiger partial charge in [-0.25, -0.2) is 4.68 Å². The molecule has 1 aliphatic carbocycles. The van der Waals surface area contributed by atoms with Crippen LogP contribution in [0.1, 0.15) is 30.9 Å². The smallest absolute Gasteiger partial charge is 0.226 e. The first-order valence-corrected chi connectivity index (χ1v) is 11.5. The number of benzene rings is 2. The molecule has 2 aliphatic rings. The summed E-state index contributed by atoms with van der Waals surface area (Å²) < 4.78 is 18.3. The summed E-state index contributed by atoms with van der Waals surface area (Å²) in [5.41, 5.74) is 3.01. The number of methoxy groups -OCH3 is 3. The summed E-state index contributed by atoms with van der Waals surface area (Å²) in [4.78, 5) is 17.8. The van der Waals surface area contributed by atoms with Gasteiger partial charge >= 0.3 is 0 Å². The van der Waals surface area contributed by atoms with Crippen LogP contribution in [0.15, 0.2) is 41.6 Å². The Labute approximate surface area is 206 Å². The number of Topliss-reactive ketones (excluding diaryl/α,β-unsaturated/α-hetero) is 1. The van der Waals surface area contributed by atoms with E-state index in [2.05, 4.69) is 5.32 Å². The number of hydrogen-bond acceptors (Lipinski definition) is 7. The normalized spacial score (nSPS) is 17.1. The molecule has 0 bridgehead atoms. The molecule has 176 valence electrons. The zero-order chi connectivity index (χ0) is 24.0. The molecule has 0 saturated carbocycles. The van der Waals surface area contributed by atoms with Crippen LogP contribution in [0.25, 0.3) is 11.4 Å². The predicted molar refractivity (Wildman–Crippen MR) is 129 cm³/mol. The number of anilines is 1. The molecule has 8 nitrogen and oxygen atoms in total. The van der Waals surface area contributed by atoms with E-state index in [-0.39, 0.29) is 5.78 Å². The van der Waals surface area contributed by atoms with Gasteiger partial charge in [-0.15, -0.1) is 5.10 Å². The second-order valence-electron chi connectivity index (χ2n) is 7.99. The van der Waals surface area contributed by atoms with Gasteiger partial charge in [0.2, 0.25) is 11.7 Å². The second kappa shape index (κ2) is 8.85. The summed E-state index contributed by atoms with van der Waals surface area (Å²) in [6.45, 7) is 0. The lowest BCUT2D eigenvalue weighted by Crippen LogP contribution is -2.31. The minimum Gasteiger partial charge on any atom is -0.493 e. The second-order valence-corrected chi connectivity index (χ2v) is 8.80. The number of hydrogen-bond donors (Lipinski definition) is 1. The Bertz CT molecular complexity index is 1310. The maximum Gasteiger partial charge on any atom is 0.226 e. The molecule has 0 saturated heterocycles. The molecule has 1 aromatic heterocycles. The molecule has 0 fully saturated rings. The number of allylic oxidation sites excluding steroid dienone is 2. The third-order valence-electron chi connectivity index (χ3n) is 6.05. The highest BCUT2D eigenvalue weighted by Crippen LogP contribution is 2.46. The van der Waals surface area contributed by atoms with E-state index in [9.17, 15) is 4.79 Å². The lowest BCUT2D eigenvalue weighted by Gasteiger charge is -2.32. The Morgan fingerprint density at radius 2 is 1.74 bits per heavy atom.